The van der Waals surface area contributed by atoms with Crippen molar-refractivity contribution < 1.29 is 0 Å². The van der Waals surface area contributed by atoms with E-state index in [4.69, 9.17) is 0 Å². The lowest BCUT2D eigenvalue weighted by atomic mass is 9.78. The normalized spacial score (nSPS) is 38.0. The predicted molar refractivity (Wildman–Crippen MR) is 52.2 cm³/mol. The van der Waals surface area contributed by atoms with Crippen LogP contribution in [0.2, 0.25) is 0 Å². The third-order valence-electron chi connectivity index (χ3n) is 3.66. The van der Waals surface area contributed by atoms with Crippen molar-refractivity contribution in [3.05, 3.63) is 0 Å². The molecule has 1 nitrogen and oxygen atoms in total. The molecule has 1 aliphatic heterocycles. The van der Waals surface area contributed by atoms with Gasteiger partial charge in [0.05, 0.1) is 0 Å². The molecular weight excluding hydrogens is 146 g/mol. The molecule has 70 valence electrons. The molecule has 0 unspecified atom stereocenters. The summed E-state index contributed by atoms with van der Waals surface area (Å²) in [5, 5.41) is 3.53. The summed E-state index contributed by atoms with van der Waals surface area (Å²) in [4.78, 5) is 0. The Labute approximate surface area is 75.9 Å². The molecule has 2 fully saturated rings. The third-order valence-corrected chi connectivity index (χ3v) is 3.66. The monoisotopic (exact) mass is 167 g/mol. The Bertz CT molecular complexity index is 117. The lowest BCUT2D eigenvalue weighted by Crippen LogP contribution is -2.37. The van der Waals surface area contributed by atoms with Crippen LogP contribution in [0.25, 0.3) is 0 Å². The van der Waals surface area contributed by atoms with Crippen molar-refractivity contribution in [3.63, 3.8) is 0 Å². The summed E-state index contributed by atoms with van der Waals surface area (Å²) in [5.74, 6) is 2.10. The molecule has 1 heteroatoms. The molecule has 1 saturated heterocycles. The Morgan fingerprint density at radius 3 is 2.33 bits per heavy atom. The van der Waals surface area contributed by atoms with Crippen LogP contribution in [-0.4, -0.2) is 13.1 Å². The second kappa shape index (κ2) is 4.27. The van der Waals surface area contributed by atoms with E-state index in [2.05, 4.69) is 5.32 Å². The van der Waals surface area contributed by atoms with Gasteiger partial charge in [0, 0.05) is 0 Å². The van der Waals surface area contributed by atoms with Crippen LogP contribution in [0.15, 0.2) is 0 Å². The fourth-order valence-corrected chi connectivity index (χ4v) is 2.86. The zero-order valence-electron chi connectivity index (χ0n) is 8.02. The van der Waals surface area contributed by atoms with Crippen LogP contribution in [0.5, 0.6) is 0 Å². The highest BCUT2D eigenvalue weighted by atomic mass is 14.9. The van der Waals surface area contributed by atoms with Gasteiger partial charge in [-0.3, -0.25) is 0 Å². The molecule has 1 saturated carbocycles. The second-order valence-electron chi connectivity index (χ2n) is 4.50. The topological polar surface area (TPSA) is 12.0 Å². The maximum Gasteiger partial charge on any atom is -0.00179 e. The van der Waals surface area contributed by atoms with Gasteiger partial charge in [-0.2, -0.15) is 0 Å². The first-order valence-corrected chi connectivity index (χ1v) is 5.67. The third kappa shape index (κ3) is 2.01. The summed E-state index contributed by atoms with van der Waals surface area (Å²) >= 11 is 0. The van der Waals surface area contributed by atoms with Crippen LogP contribution in [0.3, 0.4) is 0 Å². The molecule has 0 aromatic rings. The van der Waals surface area contributed by atoms with Gasteiger partial charge in [0.25, 0.3) is 0 Å². The Kier molecular flexibility index (Phi) is 3.04. The van der Waals surface area contributed by atoms with Gasteiger partial charge in [-0.25, -0.2) is 0 Å². The molecule has 0 bridgehead atoms. The number of nitrogens with one attached hydrogen (secondary N) is 1. The van der Waals surface area contributed by atoms with E-state index in [1.54, 1.807) is 0 Å². The summed E-state index contributed by atoms with van der Waals surface area (Å²) in [5.41, 5.74) is 0. The minimum atomic E-state index is 1.03. The van der Waals surface area contributed by atoms with Crippen LogP contribution >= 0.6 is 0 Å². The Morgan fingerprint density at radius 2 is 1.50 bits per heavy atom. The first-order valence-electron chi connectivity index (χ1n) is 5.67. The Hall–Kier alpha value is -0.0400. The maximum absolute atomic E-state index is 3.53. The summed E-state index contributed by atoms with van der Waals surface area (Å²) in [6.07, 6.45) is 10.4. The van der Waals surface area contributed by atoms with E-state index in [9.17, 15) is 0 Å². The van der Waals surface area contributed by atoms with Gasteiger partial charge in [0.1, 0.15) is 0 Å². The molecule has 0 aromatic carbocycles. The Morgan fingerprint density at radius 1 is 0.750 bits per heavy atom. The van der Waals surface area contributed by atoms with E-state index in [-0.39, 0.29) is 0 Å². The highest BCUT2D eigenvalue weighted by molar-refractivity contribution is 4.79. The summed E-state index contributed by atoms with van der Waals surface area (Å²) in [6, 6.07) is 0. The molecule has 1 N–H and O–H groups in total. The van der Waals surface area contributed by atoms with Crippen LogP contribution in [0.1, 0.15) is 44.9 Å². The molecule has 12 heavy (non-hydrogen) atoms. The van der Waals surface area contributed by atoms with Crippen LogP contribution in [0.4, 0.5) is 0 Å². The molecule has 0 aromatic heterocycles. The van der Waals surface area contributed by atoms with E-state index < -0.39 is 0 Å². The first-order chi connectivity index (χ1) is 5.97. The van der Waals surface area contributed by atoms with Crippen molar-refractivity contribution in [3.8, 4) is 0 Å². The number of hydrogen-bond donors (Lipinski definition) is 1. The lowest BCUT2D eigenvalue weighted by Gasteiger charge is -2.33. The summed E-state index contributed by atoms with van der Waals surface area (Å²) in [6.45, 7) is 2.59. The number of rotatable bonds is 0. The maximum atomic E-state index is 3.53. The molecule has 2 rings (SSSR count). The van der Waals surface area contributed by atoms with E-state index in [1.807, 2.05) is 0 Å². The number of piperidine rings is 1. The standard InChI is InChI=1S/C11H21N/c1-2-4-6-11-9-12-8-7-10(11)5-3-1/h10-12H,1-9H2/t10-,11+/m0/s1. The van der Waals surface area contributed by atoms with Crippen molar-refractivity contribution in [1.82, 2.24) is 5.32 Å². The summed E-state index contributed by atoms with van der Waals surface area (Å²) < 4.78 is 0. The van der Waals surface area contributed by atoms with Crippen LogP contribution in [-0.2, 0) is 0 Å². The Balaban J connectivity index is 1.89. The van der Waals surface area contributed by atoms with Gasteiger partial charge < -0.3 is 5.32 Å². The molecule has 2 atom stereocenters. The van der Waals surface area contributed by atoms with E-state index in [1.165, 1.54) is 58.0 Å². The van der Waals surface area contributed by atoms with Crippen molar-refractivity contribution in [2.75, 3.05) is 13.1 Å². The molecule has 2 aliphatic rings. The lowest BCUT2D eigenvalue weighted by molar-refractivity contribution is 0.206. The molecule has 0 spiro atoms. The summed E-state index contributed by atoms with van der Waals surface area (Å²) in [7, 11) is 0. The molecular formula is C11H21N. The molecule has 0 radical (unpaired) electrons. The minimum absolute atomic E-state index is 1.03. The van der Waals surface area contributed by atoms with Crippen molar-refractivity contribution in [2.45, 2.75) is 44.9 Å². The average Bonchev–Trinajstić information content (AvgIpc) is 2.06. The van der Waals surface area contributed by atoms with Gasteiger partial charge in [0.15, 0.2) is 0 Å². The van der Waals surface area contributed by atoms with Gasteiger partial charge in [-0.15, -0.1) is 0 Å². The smallest absolute Gasteiger partial charge is 0.00179 e. The number of fused-ring (bicyclic) bond motifs is 1. The zero-order valence-corrected chi connectivity index (χ0v) is 8.02. The second-order valence-corrected chi connectivity index (χ2v) is 4.50. The van der Waals surface area contributed by atoms with Gasteiger partial charge in [0.2, 0.25) is 0 Å². The van der Waals surface area contributed by atoms with E-state index >= 15 is 0 Å². The SMILES string of the molecule is C1CCC[C@@H]2CNCC[C@@H]2CC1. The van der Waals surface area contributed by atoms with E-state index in [0.29, 0.717) is 0 Å². The fraction of sp³-hybridized carbons (Fsp3) is 1.00. The van der Waals surface area contributed by atoms with Crippen molar-refractivity contribution in [1.29, 1.82) is 0 Å². The largest absolute Gasteiger partial charge is 0.316 e. The average molecular weight is 167 g/mol. The quantitative estimate of drug-likeness (QED) is 0.584. The van der Waals surface area contributed by atoms with Crippen molar-refractivity contribution in [2.24, 2.45) is 11.8 Å². The van der Waals surface area contributed by atoms with Gasteiger partial charge in [-0.05, 0) is 37.8 Å². The minimum Gasteiger partial charge on any atom is -0.316 e. The predicted octanol–water partition coefficient (Wildman–Crippen LogP) is 2.57. The van der Waals surface area contributed by atoms with Gasteiger partial charge >= 0.3 is 0 Å². The van der Waals surface area contributed by atoms with Gasteiger partial charge in [-0.1, -0.05) is 32.1 Å². The van der Waals surface area contributed by atoms with Crippen LogP contribution in [0, 0.1) is 11.8 Å². The first kappa shape index (κ1) is 8.55. The van der Waals surface area contributed by atoms with Crippen LogP contribution < -0.4 is 5.32 Å². The zero-order chi connectivity index (χ0) is 8.23. The molecule has 0 amide bonds. The van der Waals surface area contributed by atoms with Crippen molar-refractivity contribution >= 4 is 0 Å². The van der Waals surface area contributed by atoms with E-state index in [0.717, 1.165) is 11.8 Å². The number of hydrogen-bond acceptors (Lipinski definition) is 1. The molecule has 1 aliphatic carbocycles. The fourth-order valence-electron chi connectivity index (χ4n) is 2.86. The highest BCUT2D eigenvalue weighted by Crippen LogP contribution is 2.31. The molecule has 1 heterocycles. The highest BCUT2D eigenvalue weighted by Gasteiger charge is 2.24.